The Kier molecular flexibility index (Phi) is 2.14. The summed E-state index contributed by atoms with van der Waals surface area (Å²) in [5.74, 6) is 0. The van der Waals surface area contributed by atoms with Gasteiger partial charge in [0.05, 0.1) is 11.5 Å². The zero-order chi connectivity index (χ0) is 8.39. The topological polar surface area (TPSA) is 54.5 Å². The van der Waals surface area contributed by atoms with Gasteiger partial charge in [0.25, 0.3) is 0 Å². The Morgan fingerprint density at radius 3 is 3.17 bits per heavy atom. The molecular weight excluding hydrogens is 196 g/mol. The van der Waals surface area contributed by atoms with Crippen molar-refractivity contribution in [2.24, 2.45) is 0 Å². The summed E-state index contributed by atoms with van der Waals surface area (Å²) in [4.78, 5) is 15.0. The van der Waals surface area contributed by atoms with Crippen molar-refractivity contribution in [3.05, 3.63) is 12.7 Å². The molecule has 0 spiro atoms. The number of hydrogen-bond acceptors (Lipinski definition) is 4. The van der Waals surface area contributed by atoms with Gasteiger partial charge < -0.3 is 4.98 Å². The van der Waals surface area contributed by atoms with E-state index in [1.165, 1.54) is 18.1 Å². The lowest BCUT2D eigenvalue weighted by Crippen LogP contribution is -1.85. The molecule has 0 unspecified atom stereocenters. The molecule has 12 heavy (non-hydrogen) atoms. The van der Waals surface area contributed by atoms with Gasteiger partial charge in [0.15, 0.2) is 5.65 Å². The molecule has 0 aliphatic carbocycles. The molecule has 1 N–H and O–H groups in total. The van der Waals surface area contributed by atoms with Crippen LogP contribution in [0.25, 0.3) is 11.2 Å². The zero-order valence-corrected chi connectivity index (χ0v) is 7.56. The first-order chi connectivity index (χ1) is 5.92. The van der Waals surface area contributed by atoms with Crippen LogP contribution >= 0.6 is 23.4 Å². The van der Waals surface area contributed by atoms with Gasteiger partial charge in [-0.3, -0.25) is 0 Å². The van der Waals surface area contributed by atoms with Crippen LogP contribution in [-0.2, 0) is 0 Å². The molecule has 0 saturated heterocycles. The van der Waals surface area contributed by atoms with E-state index in [4.69, 9.17) is 11.6 Å². The second kappa shape index (κ2) is 3.28. The van der Waals surface area contributed by atoms with Gasteiger partial charge in [-0.15, -0.1) is 11.6 Å². The Labute approximate surface area is 77.8 Å². The van der Waals surface area contributed by atoms with Crippen molar-refractivity contribution in [2.45, 2.75) is 5.03 Å². The summed E-state index contributed by atoms with van der Waals surface area (Å²) in [6.45, 7) is 0. The average molecular weight is 201 g/mol. The van der Waals surface area contributed by atoms with Gasteiger partial charge in [0.2, 0.25) is 0 Å². The van der Waals surface area contributed by atoms with E-state index in [0.29, 0.717) is 10.9 Å². The quantitative estimate of drug-likeness (QED) is 0.455. The fraction of sp³-hybridized carbons (Fsp3) is 0.167. The Morgan fingerprint density at radius 2 is 2.33 bits per heavy atom. The van der Waals surface area contributed by atoms with Crippen molar-refractivity contribution < 1.29 is 0 Å². The van der Waals surface area contributed by atoms with Gasteiger partial charge in [-0.1, -0.05) is 11.8 Å². The highest BCUT2D eigenvalue weighted by Gasteiger charge is 2.04. The number of aromatic nitrogens is 4. The molecule has 6 heteroatoms. The van der Waals surface area contributed by atoms with Gasteiger partial charge in [0, 0.05) is 0 Å². The number of rotatable bonds is 2. The molecule has 62 valence electrons. The molecule has 0 atom stereocenters. The van der Waals surface area contributed by atoms with Crippen LogP contribution in [0.5, 0.6) is 0 Å². The maximum atomic E-state index is 5.57. The summed E-state index contributed by atoms with van der Waals surface area (Å²) in [7, 11) is 0. The minimum atomic E-state index is 0.477. The minimum Gasteiger partial charge on any atom is -0.341 e. The third-order valence-corrected chi connectivity index (χ3v) is 2.40. The van der Waals surface area contributed by atoms with Crippen molar-refractivity contribution in [3.8, 4) is 0 Å². The molecule has 0 aliphatic heterocycles. The lowest BCUT2D eigenvalue weighted by atomic mass is 10.6. The predicted molar refractivity (Wildman–Crippen MR) is 48.3 cm³/mol. The van der Waals surface area contributed by atoms with Crippen molar-refractivity contribution in [3.63, 3.8) is 0 Å². The van der Waals surface area contributed by atoms with E-state index < -0.39 is 0 Å². The number of aromatic amines is 1. The molecule has 0 aliphatic rings. The number of imidazole rings is 1. The maximum Gasteiger partial charge on any atom is 0.181 e. The molecule has 0 fully saturated rings. The Bertz CT molecular complexity index is 388. The third kappa shape index (κ3) is 1.25. The van der Waals surface area contributed by atoms with Crippen LogP contribution in [0.4, 0.5) is 0 Å². The van der Waals surface area contributed by atoms with Crippen LogP contribution in [0, 0.1) is 0 Å². The first-order valence-electron chi connectivity index (χ1n) is 3.24. The number of nitrogens with one attached hydrogen (secondary N) is 1. The van der Waals surface area contributed by atoms with Crippen LogP contribution in [0.2, 0.25) is 0 Å². The molecular formula is C6H5ClN4S. The smallest absolute Gasteiger partial charge is 0.181 e. The highest BCUT2D eigenvalue weighted by molar-refractivity contribution is 8.00. The van der Waals surface area contributed by atoms with E-state index in [0.717, 1.165) is 10.5 Å². The molecule has 0 radical (unpaired) electrons. The zero-order valence-electron chi connectivity index (χ0n) is 5.99. The molecule has 0 amide bonds. The van der Waals surface area contributed by atoms with Gasteiger partial charge in [-0.05, 0) is 0 Å². The normalized spacial score (nSPS) is 10.8. The summed E-state index contributed by atoms with van der Waals surface area (Å²) >= 11 is 7.02. The van der Waals surface area contributed by atoms with Gasteiger partial charge in [-0.2, -0.15) is 0 Å². The van der Waals surface area contributed by atoms with E-state index in [-0.39, 0.29) is 0 Å². The van der Waals surface area contributed by atoms with Gasteiger partial charge in [-0.25, -0.2) is 15.0 Å². The van der Waals surface area contributed by atoms with Gasteiger partial charge >= 0.3 is 0 Å². The minimum absolute atomic E-state index is 0.477. The first kappa shape index (κ1) is 7.82. The van der Waals surface area contributed by atoms with Crippen LogP contribution < -0.4 is 0 Å². The summed E-state index contributed by atoms with van der Waals surface area (Å²) in [5, 5.41) is 1.32. The van der Waals surface area contributed by atoms with Crippen LogP contribution in [-0.4, -0.2) is 25.1 Å². The highest BCUT2D eigenvalue weighted by atomic mass is 35.5. The predicted octanol–water partition coefficient (Wildman–Crippen LogP) is 1.64. The van der Waals surface area contributed by atoms with E-state index in [1.807, 2.05) is 0 Å². The molecule has 2 rings (SSSR count). The third-order valence-electron chi connectivity index (χ3n) is 1.38. The number of hydrogen-bond donors (Lipinski definition) is 1. The van der Waals surface area contributed by atoms with Crippen molar-refractivity contribution in [2.75, 3.05) is 5.21 Å². The summed E-state index contributed by atoms with van der Waals surface area (Å²) in [6, 6.07) is 0. The van der Waals surface area contributed by atoms with Crippen molar-refractivity contribution in [1.82, 2.24) is 19.9 Å². The number of nitrogens with zero attached hydrogens (tertiary/aromatic N) is 3. The fourth-order valence-corrected chi connectivity index (χ4v) is 1.73. The van der Waals surface area contributed by atoms with E-state index in [2.05, 4.69) is 19.9 Å². The number of fused-ring (bicyclic) bond motifs is 1. The molecule has 0 bridgehead atoms. The second-order valence-electron chi connectivity index (χ2n) is 2.03. The molecule has 4 nitrogen and oxygen atoms in total. The van der Waals surface area contributed by atoms with Crippen LogP contribution in [0.1, 0.15) is 0 Å². The lowest BCUT2D eigenvalue weighted by Gasteiger charge is -1.95. The molecule has 2 heterocycles. The number of halogens is 1. The SMILES string of the molecule is ClCSc1ncnc2nc[nH]c12. The average Bonchev–Trinajstić information content (AvgIpc) is 2.53. The lowest BCUT2D eigenvalue weighted by molar-refractivity contribution is 1.09. The summed E-state index contributed by atoms with van der Waals surface area (Å²) < 4.78 is 0. The van der Waals surface area contributed by atoms with Crippen LogP contribution in [0.15, 0.2) is 17.7 Å². The van der Waals surface area contributed by atoms with Crippen molar-refractivity contribution >= 4 is 34.5 Å². The van der Waals surface area contributed by atoms with Gasteiger partial charge in [0.1, 0.15) is 16.9 Å². The first-order valence-corrected chi connectivity index (χ1v) is 4.76. The molecule has 2 aromatic rings. The summed E-state index contributed by atoms with van der Waals surface area (Å²) in [6.07, 6.45) is 3.08. The maximum absolute atomic E-state index is 5.57. The van der Waals surface area contributed by atoms with Crippen LogP contribution in [0.3, 0.4) is 0 Å². The largest absolute Gasteiger partial charge is 0.341 e. The Balaban J connectivity index is 2.57. The highest BCUT2D eigenvalue weighted by Crippen LogP contribution is 2.21. The second-order valence-corrected chi connectivity index (χ2v) is 3.58. The van der Waals surface area contributed by atoms with Crippen molar-refractivity contribution in [1.29, 1.82) is 0 Å². The monoisotopic (exact) mass is 200 g/mol. The fourth-order valence-electron chi connectivity index (χ4n) is 0.904. The van der Waals surface area contributed by atoms with E-state index in [1.54, 1.807) is 6.33 Å². The Hall–Kier alpha value is -0.810. The molecule has 0 saturated carbocycles. The molecule has 0 aromatic carbocycles. The number of thioether (sulfide) groups is 1. The molecule has 2 aromatic heterocycles. The summed E-state index contributed by atoms with van der Waals surface area (Å²) in [5.41, 5.74) is 1.53. The number of H-pyrrole nitrogens is 1. The number of alkyl halides is 1. The Morgan fingerprint density at radius 1 is 1.42 bits per heavy atom. The standard InChI is InChI=1S/C6H5ClN4S/c7-1-12-6-4-5(9-2-8-4)10-3-11-6/h2-3H,1H2,(H,8,9,10,11). The van der Waals surface area contributed by atoms with E-state index >= 15 is 0 Å². The van der Waals surface area contributed by atoms with E-state index in [9.17, 15) is 0 Å².